The summed E-state index contributed by atoms with van der Waals surface area (Å²) in [6.07, 6.45) is -0.163. The molecule has 1 saturated heterocycles. The van der Waals surface area contributed by atoms with Crippen LogP contribution >= 0.6 is 19.4 Å². The van der Waals surface area contributed by atoms with Gasteiger partial charge in [-0.05, 0) is 27.7 Å². The molecule has 6 heteroatoms. The fraction of sp³-hybridized carbons (Fsp3) is 1.00. The Morgan fingerprint density at radius 3 is 2.13 bits per heavy atom. The molecule has 0 spiro atoms. The smallest absolute Gasteiger partial charge is 0.305 e. The molecule has 0 aromatic heterocycles. The van der Waals surface area contributed by atoms with E-state index in [9.17, 15) is 4.57 Å². The molecular weight excluding hydrogens is 233 g/mol. The lowest BCUT2D eigenvalue weighted by molar-refractivity contribution is 0.136. The quantitative estimate of drug-likeness (QED) is 0.763. The van der Waals surface area contributed by atoms with Crippen molar-refractivity contribution in [3.63, 3.8) is 0 Å². The molecule has 0 aromatic carbocycles. The van der Waals surface area contributed by atoms with Crippen LogP contribution in [-0.2, 0) is 13.6 Å². The predicted octanol–water partition coefficient (Wildman–Crippen LogP) is 2.65. The van der Waals surface area contributed by atoms with Gasteiger partial charge in [0.15, 0.2) is 0 Å². The van der Waals surface area contributed by atoms with Crippen LogP contribution in [0.4, 0.5) is 0 Å². The van der Waals surface area contributed by atoms with E-state index in [1.165, 1.54) is 0 Å². The van der Waals surface area contributed by atoms with Gasteiger partial charge >= 0.3 is 7.60 Å². The lowest BCUT2D eigenvalue weighted by Gasteiger charge is -2.26. The summed E-state index contributed by atoms with van der Waals surface area (Å²) in [6.45, 7) is 7.49. The van der Waals surface area contributed by atoms with E-state index in [0.717, 1.165) is 11.6 Å². The van der Waals surface area contributed by atoms with Crippen molar-refractivity contribution in [1.29, 1.82) is 0 Å². The van der Waals surface area contributed by atoms with Gasteiger partial charge in [0.2, 0.25) is 0 Å². The van der Waals surface area contributed by atoms with Gasteiger partial charge in [0.1, 0.15) is 5.78 Å². The molecule has 1 heterocycles. The minimum Gasteiger partial charge on any atom is -0.305 e. The highest BCUT2D eigenvalue weighted by Crippen LogP contribution is 2.55. The first-order chi connectivity index (χ1) is 6.94. The lowest BCUT2D eigenvalue weighted by atomic mass is 10.5. The summed E-state index contributed by atoms with van der Waals surface area (Å²) in [5, 5.41) is 3.16. The zero-order valence-corrected chi connectivity index (χ0v) is 11.4. The van der Waals surface area contributed by atoms with E-state index in [1.807, 2.05) is 27.7 Å². The van der Waals surface area contributed by atoms with Crippen molar-refractivity contribution in [3.8, 4) is 0 Å². The van der Waals surface area contributed by atoms with Gasteiger partial charge in [-0.1, -0.05) is 0 Å². The fourth-order valence-corrected chi connectivity index (χ4v) is 5.13. The zero-order chi connectivity index (χ0) is 11.5. The first-order valence-electron chi connectivity index (χ1n) is 5.21. The maximum absolute atomic E-state index is 12.5. The topological polar surface area (TPSA) is 47.6 Å². The van der Waals surface area contributed by atoms with Gasteiger partial charge < -0.3 is 9.05 Å². The molecule has 0 radical (unpaired) electrons. The van der Waals surface area contributed by atoms with Gasteiger partial charge in [-0.15, -0.1) is 11.8 Å². The lowest BCUT2D eigenvalue weighted by Crippen LogP contribution is -2.28. The van der Waals surface area contributed by atoms with Gasteiger partial charge in [-0.3, -0.25) is 9.88 Å². The van der Waals surface area contributed by atoms with E-state index in [1.54, 1.807) is 11.8 Å². The Hall–Kier alpha value is 0.460. The number of thioether (sulfide) groups is 1. The van der Waals surface area contributed by atoms with Gasteiger partial charge in [-0.2, -0.15) is 0 Å². The Bertz CT molecular complexity index is 228. The van der Waals surface area contributed by atoms with Crippen molar-refractivity contribution in [2.24, 2.45) is 0 Å². The molecule has 1 aliphatic rings. The molecule has 4 nitrogen and oxygen atoms in total. The highest BCUT2D eigenvalue weighted by atomic mass is 32.2. The molecule has 90 valence electrons. The summed E-state index contributed by atoms with van der Waals surface area (Å²) >= 11 is 1.72. The van der Waals surface area contributed by atoms with Crippen LogP contribution in [0, 0.1) is 0 Å². The standard InChI is InChI=1S/C9H20NO3PS/c1-7(2)12-14(11,13-8(3)4)9-5-15-6-10-9/h7-10H,5-6H2,1-4H3. The van der Waals surface area contributed by atoms with Crippen LogP contribution in [0.2, 0.25) is 0 Å². The molecule has 0 aromatic rings. The number of nitrogens with one attached hydrogen (secondary N) is 1. The monoisotopic (exact) mass is 253 g/mol. The maximum Gasteiger partial charge on any atom is 0.348 e. The van der Waals surface area contributed by atoms with Crippen LogP contribution in [-0.4, -0.2) is 29.6 Å². The summed E-state index contributed by atoms with van der Waals surface area (Å²) in [5.41, 5.74) is 0. The summed E-state index contributed by atoms with van der Waals surface area (Å²) in [4.78, 5) is 0. The molecule has 1 N–H and O–H groups in total. The average Bonchev–Trinajstić information content (AvgIpc) is 2.51. The largest absolute Gasteiger partial charge is 0.348 e. The summed E-state index contributed by atoms with van der Waals surface area (Å²) in [5.74, 6) is 1.45. The molecule has 0 saturated carbocycles. The second-order valence-corrected chi connectivity index (χ2v) is 7.24. The van der Waals surface area contributed by atoms with Crippen molar-refractivity contribution >= 4 is 19.4 Å². The molecule has 1 unspecified atom stereocenters. The van der Waals surface area contributed by atoms with E-state index in [0.29, 0.717) is 0 Å². The molecule has 1 aliphatic heterocycles. The van der Waals surface area contributed by atoms with Crippen LogP contribution in [0.15, 0.2) is 0 Å². The van der Waals surface area contributed by atoms with E-state index in [-0.39, 0.29) is 18.0 Å². The van der Waals surface area contributed by atoms with Crippen molar-refractivity contribution in [2.75, 3.05) is 11.6 Å². The van der Waals surface area contributed by atoms with E-state index >= 15 is 0 Å². The fourth-order valence-electron chi connectivity index (χ4n) is 1.35. The van der Waals surface area contributed by atoms with Gasteiger partial charge in [0.05, 0.1) is 12.2 Å². The number of hydrogen-bond donors (Lipinski definition) is 1. The van der Waals surface area contributed by atoms with Crippen molar-refractivity contribution < 1.29 is 13.6 Å². The molecule has 15 heavy (non-hydrogen) atoms. The average molecular weight is 253 g/mol. The molecule has 1 rings (SSSR count). The third-order valence-corrected chi connectivity index (χ3v) is 5.54. The Labute approximate surface area is 96.0 Å². The third kappa shape index (κ3) is 4.08. The highest BCUT2D eigenvalue weighted by molar-refractivity contribution is 7.99. The van der Waals surface area contributed by atoms with Crippen LogP contribution < -0.4 is 5.32 Å². The summed E-state index contributed by atoms with van der Waals surface area (Å²) < 4.78 is 23.5. The van der Waals surface area contributed by atoms with Gasteiger partial charge in [-0.25, -0.2) is 0 Å². The number of hydrogen-bond acceptors (Lipinski definition) is 5. The third-order valence-electron chi connectivity index (χ3n) is 1.79. The minimum absolute atomic E-state index is 0.0815. The van der Waals surface area contributed by atoms with Crippen LogP contribution in [0.5, 0.6) is 0 Å². The SMILES string of the molecule is CC(C)OP(=O)(OC(C)C)C1CSCN1. The molecular formula is C9H20NO3PS. The predicted molar refractivity (Wildman–Crippen MR) is 64.3 cm³/mol. The van der Waals surface area contributed by atoms with E-state index in [4.69, 9.17) is 9.05 Å². The van der Waals surface area contributed by atoms with Gasteiger partial charge in [0.25, 0.3) is 0 Å². The van der Waals surface area contributed by atoms with Crippen molar-refractivity contribution in [2.45, 2.75) is 45.7 Å². The molecule has 1 atom stereocenters. The van der Waals surface area contributed by atoms with Crippen molar-refractivity contribution in [1.82, 2.24) is 5.32 Å². The van der Waals surface area contributed by atoms with Crippen LogP contribution in [0.1, 0.15) is 27.7 Å². The minimum atomic E-state index is -3.01. The van der Waals surface area contributed by atoms with Crippen LogP contribution in [0.25, 0.3) is 0 Å². The zero-order valence-electron chi connectivity index (χ0n) is 9.73. The van der Waals surface area contributed by atoms with Crippen LogP contribution in [0.3, 0.4) is 0 Å². The Kier molecular flexibility index (Phi) is 5.13. The molecule has 0 bridgehead atoms. The first kappa shape index (κ1) is 13.5. The normalized spacial score (nSPS) is 22.9. The first-order valence-corrected chi connectivity index (χ1v) is 7.98. The Balaban J connectivity index is 2.70. The Morgan fingerprint density at radius 2 is 1.80 bits per heavy atom. The maximum atomic E-state index is 12.5. The van der Waals surface area contributed by atoms with Crippen molar-refractivity contribution in [3.05, 3.63) is 0 Å². The Morgan fingerprint density at radius 1 is 1.27 bits per heavy atom. The second-order valence-electron chi connectivity index (χ2n) is 4.08. The summed E-state index contributed by atoms with van der Waals surface area (Å²) in [6, 6.07) is 0. The molecule has 0 aliphatic carbocycles. The van der Waals surface area contributed by atoms with Gasteiger partial charge in [0, 0.05) is 11.6 Å². The van der Waals surface area contributed by atoms with E-state index in [2.05, 4.69) is 5.32 Å². The second kappa shape index (κ2) is 5.69. The molecule has 0 amide bonds. The number of rotatable bonds is 5. The van der Waals surface area contributed by atoms with E-state index < -0.39 is 7.60 Å². The molecule has 1 fully saturated rings. The highest BCUT2D eigenvalue weighted by Gasteiger charge is 2.39. The summed E-state index contributed by atoms with van der Waals surface area (Å²) in [7, 11) is -3.01.